The molecule has 1 rings (SSSR count). The average molecular weight is 172 g/mol. The molecule has 1 fully saturated rings. The highest BCUT2D eigenvalue weighted by atomic mass is 16.8. The zero-order valence-electron chi connectivity index (χ0n) is 8.21. The van der Waals surface area contributed by atoms with Gasteiger partial charge in [-0.15, -0.1) is 0 Å². The summed E-state index contributed by atoms with van der Waals surface area (Å²) in [5.74, 6) is 0. The van der Waals surface area contributed by atoms with Crippen molar-refractivity contribution in [2.75, 3.05) is 6.61 Å². The van der Waals surface area contributed by atoms with Crippen LogP contribution < -0.4 is 0 Å². The van der Waals surface area contributed by atoms with Gasteiger partial charge in [-0.3, -0.25) is 0 Å². The van der Waals surface area contributed by atoms with Crippen LogP contribution in [-0.2, 0) is 9.47 Å². The number of epoxide rings is 1. The largest absolute Gasteiger partial charge is 0.350 e. The minimum absolute atomic E-state index is 0.141. The van der Waals surface area contributed by atoms with Crippen LogP contribution in [0.4, 0.5) is 0 Å². The Kier molecular flexibility index (Phi) is 4.62. The summed E-state index contributed by atoms with van der Waals surface area (Å²) in [6.07, 6.45) is 6.60. The molecule has 0 N–H and O–H groups in total. The summed E-state index contributed by atoms with van der Waals surface area (Å²) in [4.78, 5) is 0. The molecule has 2 nitrogen and oxygen atoms in total. The topological polar surface area (TPSA) is 21.8 Å². The van der Waals surface area contributed by atoms with E-state index in [0.29, 0.717) is 6.10 Å². The fourth-order valence-corrected chi connectivity index (χ4v) is 1.31. The van der Waals surface area contributed by atoms with Crippen molar-refractivity contribution >= 4 is 0 Å². The quantitative estimate of drug-likeness (QED) is 0.435. The molecule has 0 spiro atoms. The molecule has 0 radical (unpaired) electrons. The zero-order chi connectivity index (χ0) is 8.81. The first kappa shape index (κ1) is 10.0. The van der Waals surface area contributed by atoms with Crippen LogP contribution in [-0.4, -0.2) is 19.0 Å². The van der Waals surface area contributed by atoms with Crippen LogP contribution in [0.15, 0.2) is 0 Å². The summed E-state index contributed by atoms with van der Waals surface area (Å²) in [6.45, 7) is 5.25. The van der Waals surface area contributed by atoms with Gasteiger partial charge in [0.2, 0.25) is 0 Å². The molecule has 0 aromatic heterocycles. The molecule has 0 aromatic carbocycles. The molecule has 1 saturated heterocycles. The van der Waals surface area contributed by atoms with Gasteiger partial charge in [0.1, 0.15) is 6.10 Å². The van der Waals surface area contributed by atoms with Crippen molar-refractivity contribution in [3.05, 3.63) is 0 Å². The highest BCUT2D eigenvalue weighted by molar-refractivity contribution is 4.75. The van der Waals surface area contributed by atoms with Crippen molar-refractivity contribution in [2.24, 2.45) is 0 Å². The third-order valence-corrected chi connectivity index (χ3v) is 2.14. The SMILES string of the molecule is CCCCCOC1OC1CCC. The van der Waals surface area contributed by atoms with E-state index in [0.717, 1.165) is 13.0 Å². The van der Waals surface area contributed by atoms with E-state index >= 15 is 0 Å². The lowest BCUT2D eigenvalue weighted by molar-refractivity contribution is 0.0480. The second-order valence-corrected chi connectivity index (χ2v) is 3.41. The van der Waals surface area contributed by atoms with Crippen LogP contribution in [0.2, 0.25) is 0 Å². The van der Waals surface area contributed by atoms with Crippen molar-refractivity contribution in [2.45, 2.75) is 58.3 Å². The predicted molar refractivity (Wildman–Crippen MR) is 49.0 cm³/mol. The van der Waals surface area contributed by atoms with Crippen LogP contribution in [0.1, 0.15) is 46.0 Å². The zero-order valence-corrected chi connectivity index (χ0v) is 8.21. The monoisotopic (exact) mass is 172 g/mol. The molecule has 1 aliphatic heterocycles. The Bertz CT molecular complexity index is 114. The Morgan fingerprint density at radius 1 is 1.17 bits per heavy atom. The first-order valence-electron chi connectivity index (χ1n) is 5.15. The second-order valence-electron chi connectivity index (χ2n) is 3.41. The molecule has 72 valence electrons. The molecular weight excluding hydrogens is 152 g/mol. The first-order valence-corrected chi connectivity index (χ1v) is 5.15. The first-order chi connectivity index (χ1) is 5.88. The van der Waals surface area contributed by atoms with E-state index in [4.69, 9.17) is 9.47 Å². The fourth-order valence-electron chi connectivity index (χ4n) is 1.31. The molecule has 12 heavy (non-hydrogen) atoms. The van der Waals surface area contributed by atoms with E-state index in [9.17, 15) is 0 Å². The summed E-state index contributed by atoms with van der Waals surface area (Å²) in [6, 6.07) is 0. The van der Waals surface area contributed by atoms with Gasteiger partial charge in [0, 0.05) is 6.61 Å². The summed E-state index contributed by atoms with van der Waals surface area (Å²) in [7, 11) is 0. The average Bonchev–Trinajstić information content (AvgIpc) is 2.79. The standard InChI is InChI=1S/C10H20O2/c1-3-5-6-8-11-10-9(12-10)7-4-2/h9-10H,3-8H2,1-2H3. The molecule has 0 bridgehead atoms. The Balaban J connectivity index is 1.83. The third kappa shape index (κ3) is 3.55. The van der Waals surface area contributed by atoms with Gasteiger partial charge in [0.15, 0.2) is 6.29 Å². The molecule has 0 aliphatic carbocycles. The minimum Gasteiger partial charge on any atom is -0.350 e. The van der Waals surface area contributed by atoms with E-state index in [2.05, 4.69) is 13.8 Å². The number of rotatable bonds is 7. The van der Waals surface area contributed by atoms with Crippen LogP contribution in [0.3, 0.4) is 0 Å². The van der Waals surface area contributed by atoms with E-state index in [1.807, 2.05) is 0 Å². The fraction of sp³-hybridized carbons (Fsp3) is 1.00. The number of hydrogen-bond acceptors (Lipinski definition) is 2. The van der Waals surface area contributed by atoms with Crippen LogP contribution in [0.25, 0.3) is 0 Å². The predicted octanol–water partition coefficient (Wildman–Crippen LogP) is 2.72. The lowest BCUT2D eigenvalue weighted by Crippen LogP contribution is -2.01. The maximum absolute atomic E-state index is 5.50. The lowest BCUT2D eigenvalue weighted by atomic mass is 10.2. The van der Waals surface area contributed by atoms with Crippen LogP contribution in [0, 0.1) is 0 Å². The molecule has 1 aliphatic rings. The summed E-state index contributed by atoms with van der Waals surface area (Å²) in [5.41, 5.74) is 0. The Hall–Kier alpha value is -0.0800. The number of hydrogen-bond donors (Lipinski definition) is 0. The van der Waals surface area contributed by atoms with Gasteiger partial charge in [0.05, 0.1) is 0 Å². The molecule has 1 heterocycles. The number of ether oxygens (including phenoxy) is 2. The Labute approximate surface area is 75.2 Å². The van der Waals surface area contributed by atoms with Gasteiger partial charge in [-0.05, 0) is 12.8 Å². The van der Waals surface area contributed by atoms with E-state index in [-0.39, 0.29) is 6.29 Å². The molecular formula is C10H20O2. The van der Waals surface area contributed by atoms with Crippen LogP contribution in [0.5, 0.6) is 0 Å². The maximum atomic E-state index is 5.50. The van der Waals surface area contributed by atoms with Gasteiger partial charge in [-0.25, -0.2) is 0 Å². The van der Waals surface area contributed by atoms with E-state index < -0.39 is 0 Å². The summed E-state index contributed by atoms with van der Waals surface area (Å²) >= 11 is 0. The summed E-state index contributed by atoms with van der Waals surface area (Å²) in [5, 5.41) is 0. The Morgan fingerprint density at radius 3 is 2.67 bits per heavy atom. The van der Waals surface area contributed by atoms with Gasteiger partial charge in [-0.1, -0.05) is 33.1 Å². The molecule has 2 unspecified atom stereocenters. The molecule has 0 aromatic rings. The van der Waals surface area contributed by atoms with Crippen molar-refractivity contribution in [1.29, 1.82) is 0 Å². The van der Waals surface area contributed by atoms with Crippen LogP contribution >= 0.6 is 0 Å². The molecule has 0 saturated carbocycles. The molecule has 2 atom stereocenters. The van der Waals surface area contributed by atoms with E-state index in [1.54, 1.807) is 0 Å². The highest BCUT2D eigenvalue weighted by Crippen LogP contribution is 2.27. The second kappa shape index (κ2) is 5.55. The van der Waals surface area contributed by atoms with E-state index in [1.165, 1.54) is 25.7 Å². The van der Waals surface area contributed by atoms with Crippen molar-refractivity contribution < 1.29 is 9.47 Å². The number of unbranched alkanes of at least 4 members (excludes halogenated alkanes) is 2. The molecule has 2 heteroatoms. The minimum atomic E-state index is 0.141. The lowest BCUT2D eigenvalue weighted by Gasteiger charge is -1.98. The van der Waals surface area contributed by atoms with Gasteiger partial charge >= 0.3 is 0 Å². The summed E-state index contributed by atoms with van der Waals surface area (Å²) < 4.78 is 10.8. The van der Waals surface area contributed by atoms with Gasteiger partial charge in [-0.2, -0.15) is 0 Å². The molecule has 0 amide bonds. The van der Waals surface area contributed by atoms with Gasteiger partial charge in [0.25, 0.3) is 0 Å². The smallest absolute Gasteiger partial charge is 0.184 e. The van der Waals surface area contributed by atoms with Crippen molar-refractivity contribution in [3.63, 3.8) is 0 Å². The Morgan fingerprint density at radius 2 is 2.00 bits per heavy atom. The third-order valence-electron chi connectivity index (χ3n) is 2.14. The van der Waals surface area contributed by atoms with Crippen molar-refractivity contribution in [1.82, 2.24) is 0 Å². The normalized spacial score (nSPS) is 27.5. The van der Waals surface area contributed by atoms with Gasteiger partial charge < -0.3 is 9.47 Å². The maximum Gasteiger partial charge on any atom is 0.184 e. The van der Waals surface area contributed by atoms with Crippen molar-refractivity contribution in [3.8, 4) is 0 Å². The highest BCUT2D eigenvalue weighted by Gasteiger charge is 2.38.